The minimum atomic E-state index is -0.528. The first-order valence-electron chi connectivity index (χ1n) is 8.59. The lowest BCUT2D eigenvalue weighted by atomic mass is 10.2. The largest absolute Gasteiger partial charge is 0.495 e. The maximum absolute atomic E-state index is 11.8. The molecule has 0 unspecified atom stereocenters. The molecule has 0 fully saturated rings. The van der Waals surface area contributed by atoms with Gasteiger partial charge in [-0.05, 0) is 36.8 Å². The average Bonchev–Trinajstić information content (AvgIpc) is 3.10. The van der Waals surface area contributed by atoms with E-state index in [0.29, 0.717) is 16.6 Å². The number of hydrogen-bond acceptors (Lipinski definition) is 9. The van der Waals surface area contributed by atoms with Crippen molar-refractivity contribution in [3.8, 4) is 5.75 Å². The highest BCUT2D eigenvalue weighted by atomic mass is 32.1. The van der Waals surface area contributed by atoms with E-state index in [4.69, 9.17) is 4.74 Å². The van der Waals surface area contributed by atoms with Crippen LogP contribution in [0.5, 0.6) is 5.75 Å². The second-order valence-electron chi connectivity index (χ2n) is 6.12. The Bertz CT molecular complexity index is 1180. The summed E-state index contributed by atoms with van der Waals surface area (Å²) in [4.78, 5) is 23.9. The summed E-state index contributed by atoms with van der Waals surface area (Å²) in [6.45, 7) is 1.92. The highest BCUT2D eigenvalue weighted by molar-refractivity contribution is 7.22. The van der Waals surface area contributed by atoms with E-state index in [1.165, 1.54) is 24.8 Å². The molecule has 0 aliphatic carbocycles. The van der Waals surface area contributed by atoms with Crippen LogP contribution in [0.1, 0.15) is 5.56 Å². The normalized spacial score (nSPS) is 10.7. The lowest BCUT2D eigenvalue weighted by Gasteiger charge is -2.12. The summed E-state index contributed by atoms with van der Waals surface area (Å²) < 4.78 is 6.30. The molecule has 2 aromatic carbocycles. The number of rotatable bonds is 6. The van der Waals surface area contributed by atoms with Crippen LogP contribution < -0.4 is 15.4 Å². The molecule has 0 bridgehead atoms. The number of benzene rings is 2. The van der Waals surface area contributed by atoms with E-state index in [2.05, 4.69) is 25.6 Å². The van der Waals surface area contributed by atoms with Gasteiger partial charge in [0.15, 0.2) is 5.13 Å². The highest BCUT2D eigenvalue weighted by Gasteiger charge is 2.25. The van der Waals surface area contributed by atoms with Crippen LogP contribution in [0, 0.1) is 17.0 Å². The van der Waals surface area contributed by atoms with Crippen molar-refractivity contribution < 1.29 is 9.66 Å². The van der Waals surface area contributed by atoms with E-state index in [0.717, 1.165) is 15.8 Å². The van der Waals surface area contributed by atoms with Gasteiger partial charge < -0.3 is 15.4 Å². The summed E-state index contributed by atoms with van der Waals surface area (Å²) in [6, 6.07) is 13.1. The topological polar surface area (TPSA) is 115 Å². The van der Waals surface area contributed by atoms with Gasteiger partial charge in [0, 0.05) is 0 Å². The highest BCUT2D eigenvalue weighted by Crippen LogP contribution is 2.37. The number of methoxy groups -OCH3 is 1. The molecule has 2 N–H and O–H groups in total. The number of ether oxygens (including phenoxy) is 1. The van der Waals surface area contributed by atoms with Crippen molar-refractivity contribution in [1.29, 1.82) is 0 Å². The number of aromatic nitrogens is 3. The fourth-order valence-electron chi connectivity index (χ4n) is 2.81. The molecule has 0 aliphatic rings. The van der Waals surface area contributed by atoms with Crippen LogP contribution in [-0.2, 0) is 0 Å². The Hall–Kier alpha value is -3.79. The summed E-state index contributed by atoms with van der Waals surface area (Å²) in [7, 11) is 1.53. The monoisotopic (exact) mass is 408 g/mol. The first kappa shape index (κ1) is 18.6. The standard InChI is InChI=1S/C19H16N6O3S/c1-11-7-8-14(28-2)13(9-11)22-17-16(25(26)27)18(21-10-20-17)24-19-23-12-5-3-4-6-15(12)29-19/h3-10H,1-2H3,(H2,20,21,22,23,24). The Morgan fingerprint density at radius 1 is 1.10 bits per heavy atom. The average molecular weight is 408 g/mol. The van der Waals surface area contributed by atoms with Crippen LogP contribution in [0.2, 0.25) is 0 Å². The summed E-state index contributed by atoms with van der Waals surface area (Å²) in [5, 5.41) is 18.3. The molecule has 0 radical (unpaired) electrons. The number of nitrogens with one attached hydrogen (secondary N) is 2. The number of hydrogen-bond donors (Lipinski definition) is 2. The van der Waals surface area contributed by atoms with Crippen molar-refractivity contribution >= 4 is 49.7 Å². The molecule has 29 heavy (non-hydrogen) atoms. The lowest BCUT2D eigenvalue weighted by Crippen LogP contribution is -2.06. The quantitative estimate of drug-likeness (QED) is 0.345. The number of thiazole rings is 1. The molecule has 0 amide bonds. The minimum Gasteiger partial charge on any atom is -0.495 e. The Kier molecular flexibility index (Phi) is 4.92. The zero-order valence-corrected chi connectivity index (χ0v) is 16.4. The van der Waals surface area contributed by atoms with Crippen LogP contribution in [0.15, 0.2) is 48.8 Å². The molecule has 0 spiro atoms. The van der Waals surface area contributed by atoms with Crippen LogP contribution in [-0.4, -0.2) is 27.0 Å². The Morgan fingerprint density at radius 2 is 1.86 bits per heavy atom. The van der Waals surface area contributed by atoms with Crippen molar-refractivity contribution in [2.45, 2.75) is 6.92 Å². The van der Waals surface area contributed by atoms with E-state index in [1.54, 1.807) is 6.07 Å². The van der Waals surface area contributed by atoms with Crippen LogP contribution in [0.3, 0.4) is 0 Å². The number of anilines is 4. The molecule has 9 nitrogen and oxygen atoms in total. The van der Waals surface area contributed by atoms with Crippen molar-refractivity contribution in [3.05, 3.63) is 64.5 Å². The Morgan fingerprint density at radius 3 is 2.59 bits per heavy atom. The number of fused-ring (bicyclic) bond motifs is 1. The molecule has 0 saturated heterocycles. The number of nitro groups is 1. The summed E-state index contributed by atoms with van der Waals surface area (Å²) in [6.07, 6.45) is 1.26. The van der Waals surface area contributed by atoms with E-state index in [9.17, 15) is 10.1 Å². The summed E-state index contributed by atoms with van der Waals surface area (Å²) in [5.41, 5.74) is 2.06. The van der Waals surface area contributed by atoms with Gasteiger partial charge in [0.2, 0.25) is 11.6 Å². The molecule has 4 rings (SSSR count). The second-order valence-corrected chi connectivity index (χ2v) is 7.15. The summed E-state index contributed by atoms with van der Waals surface area (Å²) in [5.74, 6) is 0.653. The van der Waals surface area contributed by atoms with Gasteiger partial charge in [-0.2, -0.15) is 0 Å². The molecular formula is C19H16N6O3S. The second kappa shape index (κ2) is 7.68. The predicted molar refractivity (Wildman–Crippen MR) is 113 cm³/mol. The van der Waals surface area contributed by atoms with Crippen molar-refractivity contribution in [2.75, 3.05) is 17.7 Å². The molecule has 0 aliphatic heterocycles. The molecule has 0 saturated carbocycles. The molecular weight excluding hydrogens is 392 g/mol. The van der Waals surface area contributed by atoms with Crippen LogP contribution in [0.4, 0.5) is 28.1 Å². The first-order chi connectivity index (χ1) is 14.0. The van der Waals surface area contributed by atoms with Gasteiger partial charge in [0.1, 0.15) is 12.1 Å². The third-order valence-corrected chi connectivity index (χ3v) is 5.08. The zero-order valence-electron chi connectivity index (χ0n) is 15.5. The Balaban J connectivity index is 1.73. The molecule has 2 heterocycles. The number of aryl methyl sites for hydroxylation is 1. The predicted octanol–water partition coefficient (Wildman–Crippen LogP) is 4.80. The molecule has 2 aromatic heterocycles. The maximum atomic E-state index is 11.8. The zero-order chi connectivity index (χ0) is 20.4. The van der Waals surface area contributed by atoms with Gasteiger partial charge >= 0.3 is 5.69 Å². The summed E-state index contributed by atoms with van der Waals surface area (Å²) >= 11 is 1.38. The number of nitrogens with zero attached hydrogens (tertiary/aromatic N) is 4. The van der Waals surface area contributed by atoms with Gasteiger partial charge in [-0.1, -0.05) is 29.5 Å². The molecule has 10 heteroatoms. The minimum absolute atomic E-state index is 0.0533. The third kappa shape index (κ3) is 3.78. The van der Waals surface area contributed by atoms with Crippen molar-refractivity contribution in [2.24, 2.45) is 0 Å². The van der Waals surface area contributed by atoms with Gasteiger partial charge in [-0.15, -0.1) is 0 Å². The van der Waals surface area contributed by atoms with Gasteiger partial charge in [-0.25, -0.2) is 15.0 Å². The maximum Gasteiger partial charge on any atom is 0.353 e. The Labute approximate surface area is 169 Å². The fourth-order valence-corrected chi connectivity index (χ4v) is 3.67. The molecule has 146 valence electrons. The van der Waals surface area contributed by atoms with E-state index >= 15 is 0 Å². The first-order valence-corrected chi connectivity index (χ1v) is 9.40. The fraction of sp³-hybridized carbons (Fsp3) is 0.105. The lowest BCUT2D eigenvalue weighted by molar-refractivity contribution is -0.383. The SMILES string of the molecule is COc1ccc(C)cc1Nc1ncnc(Nc2nc3ccccc3s2)c1[N+](=O)[O-]. The molecule has 0 atom stereocenters. The van der Waals surface area contributed by atoms with Crippen molar-refractivity contribution in [3.63, 3.8) is 0 Å². The smallest absolute Gasteiger partial charge is 0.353 e. The van der Waals surface area contributed by atoms with Crippen LogP contribution >= 0.6 is 11.3 Å². The van der Waals surface area contributed by atoms with Gasteiger partial charge in [-0.3, -0.25) is 10.1 Å². The van der Waals surface area contributed by atoms with Crippen molar-refractivity contribution in [1.82, 2.24) is 15.0 Å². The van der Waals surface area contributed by atoms with Gasteiger partial charge in [0.05, 0.1) is 27.9 Å². The van der Waals surface area contributed by atoms with E-state index in [1.807, 2.05) is 43.3 Å². The van der Waals surface area contributed by atoms with E-state index in [-0.39, 0.29) is 17.3 Å². The van der Waals surface area contributed by atoms with E-state index < -0.39 is 4.92 Å². The molecule has 4 aromatic rings. The van der Waals surface area contributed by atoms with Crippen LogP contribution in [0.25, 0.3) is 10.2 Å². The third-order valence-electron chi connectivity index (χ3n) is 4.13. The number of para-hydroxylation sites is 1. The van der Waals surface area contributed by atoms with Gasteiger partial charge in [0.25, 0.3) is 0 Å².